The molecule has 3 nitrogen and oxygen atoms in total. The van der Waals surface area contributed by atoms with Gasteiger partial charge in [0.05, 0.1) is 0 Å². The molecule has 0 amide bonds. The van der Waals surface area contributed by atoms with Crippen LogP contribution in [0, 0.1) is 6.92 Å². The van der Waals surface area contributed by atoms with E-state index in [9.17, 15) is 0 Å². The summed E-state index contributed by atoms with van der Waals surface area (Å²) in [6, 6.07) is 8.71. The molecule has 0 aliphatic heterocycles. The van der Waals surface area contributed by atoms with E-state index in [1.54, 1.807) is 0 Å². The fraction of sp³-hybridized carbons (Fsp3) is 0.400. The Balaban J connectivity index is 0. The standard InChI is InChI=1S/C10H14.Na.H2O3S.H/c1-8(2)10-6-4-9(3)5-7-10;;1-4(2)3;/h4-8H,1-3H3;;4H,(H,1,2,3);. The quantitative estimate of drug-likeness (QED) is 0.445. The number of hydrogen-bond donors (Lipinski definition) is 2. The summed E-state index contributed by atoms with van der Waals surface area (Å²) >= 11 is 0. The van der Waals surface area contributed by atoms with Crippen molar-refractivity contribution in [3.8, 4) is 0 Å². The summed E-state index contributed by atoms with van der Waals surface area (Å²) in [6.07, 6.45) is 0. The van der Waals surface area contributed by atoms with Gasteiger partial charge >= 0.3 is 29.6 Å². The van der Waals surface area contributed by atoms with Crippen LogP contribution in [0.4, 0.5) is 0 Å². The van der Waals surface area contributed by atoms with Gasteiger partial charge in [-0.3, -0.25) is 4.55 Å². The van der Waals surface area contributed by atoms with Gasteiger partial charge in [0.25, 0.3) is 11.0 Å². The van der Waals surface area contributed by atoms with Gasteiger partial charge in [-0.15, -0.1) is 0 Å². The van der Waals surface area contributed by atoms with Crippen LogP contribution in [0.2, 0.25) is 0 Å². The molecule has 0 saturated heterocycles. The molecule has 1 N–H and O–H groups in total. The zero-order valence-corrected chi connectivity index (χ0v) is 9.49. The summed E-state index contributed by atoms with van der Waals surface area (Å²) in [5, 5.41) is 0. The summed E-state index contributed by atoms with van der Waals surface area (Å²) in [6.45, 7) is 6.54. The van der Waals surface area contributed by atoms with Crippen LogP contribution in [-0.4, -0.2) is 42.5 Å². The van der Waals surface area contributed by atoms with Gasteiger partial charge in [-0.05, 0) is 18.4 Å². The van der Waals surface area contributed by atoms with E-state index in [0.29, 0.717) is 5.92 Å². The van der Waals surface area contributed by atoms with Crippen LogP contribution in [0.3, 0.4) is 0 Å². The van der Waals surface area contributed by atoms with Crippen molar-refractivity contribution in [3.05, 3.63) is 35.4 Å². The van der Waals surface area contributed by atoms with Crippen LogP contribution in [0.25, 0.3) is 0 Å². The first-order chi connectivity index (χ1) is 6.43. The van der Waals surface area contributed by atoms with Gasteiger partial charge in [0.1, 0.15) is 0 Å². The number of thiol groups is 1. The molecule has 0 aliphatic rings. The predicted octanol–water partition coefficient (Wildman–Crippen LogP) is 1.54. The molecule has 0 aliphatic carbocycles. The van der Waals surface area contributed by atoms with E-state index in [1.165, 1.54) is 11.1 Å². The van der Waals surface area contributed by atoms with Crippen molar-refractivity contribution in [2.24, 2.45) is 0 Å². The minimum absolute atomic E-state index is 0. The fourth-order valence-corrected chi connectivity index (χ4v) is 0.951. The molecule has 82 valence electrons. The van der Waals surface area contributed by atoms with Crippen molar-refractivity contribution in [2.45, 2.75) is 26.7 Å². The van der Waals surface area contributed by atoms with Gasteiger partial charge < -0.3 is 0 Å². The Labute approximate surface area is 115 Å². The Kier molecular flexibility index (Phi) is 10.9. The van der Waals surface area contributed by atoms with Crippen molar-refractivity contribution in [3.63, 3.8) is 0 Å². The summed E-state index contributed by atoms with van der Waals surface area (Å²) < 4.78 is 24.2. The second-order valence-electron chi connectivity index (χ2n) is 3.30. The average Bonchev–Trinajstić information content (AvgIpc) is 2.03. The molecule has 0 saturated carbocycles. The Morgan fingerprint density at radius 1 is 1.13 bits per heavy atom. The summed E-state index contributed by atoms with van der Waals surface area (Å²) in [7, 11) is -3.12. The summed E-state index contributed by atoms with van der Waals surface area (Å²) in [4.78, 5) is 0. The maximum absolute atomic E-state index is 8.59. The van der Waals surface area contributed by atoms with Gasteiger partial charge in [0.15, 0.2) is 0 Å². The molecule has 0 aromatic heterocycles. The van der Waals surface area contributed by atoms with Crippen LogP contribution in [0.15, 0.2) is 24.3 Å². The van der Waals surface area contributed by atoms with E-state index in [4.69, 9.17) is 13.0 Å². The number of benzene rings is 1. The molecule has 5 heteroatoms. The first-order valence-electron chi connectivity index (χ1n) is 4.33. The van der Waals surface area contributed by atoms with E-state index >= 15 is 0 Å². The summed E-state index contributed by atoms with van der Waals surface area (Å²) in [5.41, 5.74) is 2.76. The van der Waals surface area contributed by atoms with E-state index in [-0.39, 0.29) is 29.6 Å². The molecule has 1 aromatic rings. The molecule has 0 unspecified atom stereocenters. The van der Waals surface area contributed by atoms with Crippen molar-refractivity contribution in [1.29, 1.82) is 0 Å². The van der Waals surface area contributed by atoms with Gasteiger partial charge in [-0.25, -0.2) is 8.42 Å². The van der Waals surface area contributed by atoms with E-state index in [1.807, 2.05) is 0 Å². The van der Waals surface area contributed by atoms with Crippen molar-refractivity contribution in [2.75, 3.05) is 0 Å². The van der Waals surface area contributed by atoms with Gasteiger partial charge in [0.2, 0.25) is 0 Å². The molecule has 0 fully saturated rings. The van der Waals surface area contributed by atoms with Gasteiger partial charge in [-0.2, -0.15) is 0 Å². The minimum atomic E-state index is -3.12. The zero-order chi connectivity index (χ0) is 11.1. The Morgan fingerprint density at radius 3 is 1.73 bits per heavy atom. The molecule has 0 spiro atoms. The SMILES string of the molecule is Cc1ccc(C(C)C)cc1.O=[SH](=O)O.[NaH]. The Hall–Kier alpha value is 0.130. The molecule has 0 bridgehead atoms. The number of rotatable bonds is 1. The predicted molar refractivity (Wildman–Crippen MR) is 65.4 cm³/mol. The second-order valence-corrected chi connectivity index (χ2v) is 3.78. The second kappa shape index (κ2) is 9.36. The monoisotopic (exact) mass is 240 g/mol. The van der Waals surface area contributed by atoms with E-state index in [0.717, 1.165) is 0 Å². The van der Waals surface area contributed by atoms with Crippen molar-refractivity contribution < 1.29 is 13.0 Å². The first-order valence-corrected chi connectivity index (χ1v) is 5.46. The van der Waals surface area contributed by atoms with Gasteiger partial charge in [-0.1, -0.05) is 43.7 Å². The van der Waals surface area contributed by atoms with Crippen LogP contribution in [0.1, 0.15) is 30.9 Å². The third-order valence-electron chi connectivity index (χ3n) is 1.74. The van der Waals surface area contributed by atoms with Crippen LogP contribution < -0.4 is 0 Å². The van der Waals surface area contributed by atoms with Crippen molar-refractivity contribution >= 4 is 40.5 Å². The molecular weight excluding hydrogens is 223 g/mol. The van der Waals surface area contributed by atoms with E-state index in [2.05, 4.69) is 45.0 Å². The molecule has 0 radical (unpaired) electrons. The number of hydrogen-bond acceptors (Lipinski definition) is 2. The number of aryl methyl sites for hydroxylation is 1. The topological polar surface area (TPSA) is 54.4 Å². The third-order valence-corrected chi connectivity index (χ3v) is 1.74. The van der Waals surface area contributed by atoms with E-state index < -0.39 is 11.0 Å². The van der Waals surface area contributed by atoms with Crippen LogP contribution in [0.5, 0.6) is 0 Å². The normalized spacial score (nSPS) is 9.20. The van der Waals surface area contributed by atoms with Gasteiger partial charge in [0, 0.05) is 0 Å². The fourth-order valence-electron chi connectivity index (χ4n) is 0.951. The molecular formula is C10H17NaO3S. The third kappa shape index (κ3) is 10.4. The zero-order valence-electron chi connectivity index (χ0n) is 8.60. The Bertz CT molecular complexity index is 323. The molecule has 1 rings (SSSR count). The maximum atomic E-state index is 8.59. The van der Waals surface area contributed by atoms with Crippen LogP contribution in [-0.2, 0) is 11.0 Å². The van der Waals surface area contributed by atoms with Crippen LogP contribution >= 0.6 is 0 Å². The van der Waals surface area contributed by atoms with Crippen molar-refractivity contribution in [1.82, 2.24) is 0 Å². The molecule has 1 aromatic carbocycles. The first kappa shape index (κ1) is 17.5. The average molecular weight is 240 g/mol. The summed E-state index contributed by atoms with van der Waals surface area (Å²) in [5.74, 6) is 0.653. The molecule has 0 atom stereocenters. The molecule has 0 heterocycles. The molecule has 15 heavy (non-hydrogen) atoms. The Morgan fingerprint density at radius 2 is 1.47 bits per heavy atom.